The second-order valence-electron chi connectivity index (χ2n) is 2.89. The average molecular weight is 150 g/mol. The van der Waals surface area contributed by atoms with Crippen molar-refractivity contribution >= 4 is 6.29 Å². The Morgan fingerprint density at radius 3 is 3.45 bits per heavy atom. The van der Waals surface area contributed by atoms with Gasteiger partial charge in [0.15, 0.2) is 0 Å². The number of hydrogen-bond acceptors (Lipinski definition) is 2. The van der Waals surface area contributed by atoms with Crippen molar-refractivity contribution in [2.45, 2.75) is 25.3 Å². The highest BCUT2D eigenvalue weighted by Crippen LogP contribution is 2.21. The third-order valence-corrected chi connectivity index (χ3v) is 2.19. The van der Waals surface area contributed by atoms with E-state index < -0.39 is 0 Å². The summed E-state index contributed by atoms with van der Waals surface area (Å²) >= 11 is 0. The van der Waals surface area contributed by atoms with Crippen LogP contribution in [-0.2, 0) is 11.2 Å². The zero-order chi connectivity index (χ0) is 7.68. The van der Waals surface area contributed by atoms with Crippen LogP contribution in [0.1, 0.15) is 24.6 Å². The Morgan fingerprint density at radius 2 is 2.64 bits per heavy atom. The van der Waals surface area contributed by atoms with Gasteiger partial charge in [-0.25, -0.2) is 4.98 Å². The fraction of sp³-hybridized carbons (Fsp3) is 0.500. The lowest BCUT2D eigenvalue weighted by Crippen LogP contribution is -2.17. The number of aryl methyl sites for hydroxylation is 1. The molecule has 0 amide bonds. The van der Waals surface area contributed by atoms with Gasteiger partial charge in [-0.15, -0.1) is 0 Å². The fourth-order valence-corrected chi connectivity index (χ4v) is 1.59. The lowest BCUT2D eigenvalue weighted by atomic mass is 10.0. The van der Waals surface area contributed by atoms with Crippen molar-refractivity contribution in [2.24, 2.45) is 0 Å². The summed E-state index contributed by atoms with van der Waals surface area (Å²) in [6.07, 6.45) is 7.72. The van der Waals surface area contributed by atoms with Crippen molar-refractivity contribution in [3.05, 3.63) is 18.2 Å². The minimum atomic E-state index is 0.0428. The lowest BCUT2D eigenvalue weighted by Gasteiger charge is -2.19. The van der Waals surface area contributed by atoms with E-state index in [2.05, 4.69) is 4.98 Å². The van der Waals surface area contributed by atoms with E-state index in [9.17, 15) is 4.79 Å². The first-order valence-electron chi connectivity index (χ1n) is 3.88. The third-order valence-electron chi connectivity index (χ3n) is 2.19. The van der Waals surface area contributed by atoms with E-state index in [0.29, 0.717) is 0 Å². The predicted molar refractivity (Wildman–Crippen MR) is 40.3 cm³/mol. The van der Waals surface area contributed by atoms with Crippen molar-refractivity contribution in [1.82, 2.24) is 9.55 Å². The molecule has 0 N–H and O–H groups in total. The molecule has 0 aromatic carbocycles. The molecule has 1 aromatic heterocycles. The summed E-state index contributed by atoms with van der Waals surface area (Å²) in [5.41, 5.74) is 1.19. The number of aldehydes is 1. The van der Waals surface area contributed by atoms with E-state index in [1.165, 1.54) is 5.69 Å². The van der Waals surface area contributed by atoms with Gasteiger partial charge in [0, 0.05) is 11.9 Å². The predicted octanol–water partition coefficient (Wildman–Crippen LogP) is 0.959. The van der Waals surface area contributed by atoms with Crippen molar-refractivity contribution in [3.8, 4) is 0 Å². The Morgan fingerprint density at radius 1 is 1.73 bits per heavy atom. The smallest absolute Gasteiger partial charge is 0.142 e. The zero-order valence-electron chi connectivity index (χ0n) is 6.23. The molecule has 0 fully saturated rings. The number of hydrogen-bond donors (Lipinski definition) is 0. The molecule has 0 saturated heterocycles. The summed E-state index contributed by atoms with van der Waals surface area (Å²) in [5, 5.41) is 0. The summed E-state index contributed by atoms with van der Waals surface area (Å²) in [5.74, 6) is 0. The summed E-state index contributed by atoms with van der Waals surface area (Å²) in [4.78, 5) is 14.6. The minimum Gasteiger partial charge on any atom is -0.324 e. The van der Waals surface area contributed by atoms with Gasteiger partial charge in [0.25, 0.3) is 0 Å². The van der Waals surface area contributed by atoms with Crippen molar-refractivity contribution < 1.29 is 4.79 Å². The number of imidazole rings is 1. The molecular formula is C8H10N2O. The van der Waals surface area contributed by atoms with Gasteiger partial charge in [0.2, 0.25) is 0 Å². The molecule has 0 radical (unpaired) electrons. The van der Waals surface area contributed by atoms with E-state index in [0.717, 1.165) is 25.5 Å². The molecule has 2 rings (SSSR count). The third kappa shape index (κ3) is 0.964. The first kappa shape index (κ1) is 6.58. The molecule has 1 aromatic rings. The van der Waals surface area contributed by atoms with Gasteiger partial charge in [0.05, 0.1) is 12.4 Å². The molecule has 3 heteroatoms. The monoisotopic (exact) mass is 150 g/mol. The topological polar surface area (TPSA) is 34.9 Å². The first-order chi connectivity index (χ1) is 5.42. The van der Waals surface area contributed by atoms with Gasteiger partial charge in [-0.1, -0.05) is 0 Å². The van der Waals surface area contributed by atoms with E-state index in [1.54, 1.807) is 6.33 Å². The largest absolute Gasteiger partial charge is 0.324 e. The summed E-state index contributed by atoms with van der Waals surface area (Å²) in [7, 11) is 0. The Labute approximate surface area is 65.1 Å². The molecular weight excluding hydrogens is 140 g/mol. The molecule has 1 atom stereocenters. The molecule has 0 aliphatic carbocycles. The summed E-state index contributed by atoms with van der Waals surface area (Å²) in [6, 6.07) is 0.0428. The molecule has 0 bridgehead atoms. The van der Waals surface area contributed by atoms with Crippen LogP contribution < -0.4 is 0 Å². The molecule has 0 spiro atoms. The normalized spacial score (nSPS) is 22.7. The molecule has 58 valence electrons. The van der Waals surface area contributed by atoms with Crippen LogP contribution in [0.15, 0.2) is 12.5 Å². The summed E-state index contributed by atoms with van der Waals surface area (Å²) in [6.45, 7) is 0. The van der Waals surface area contributed by atoms with Crippen molar-refractivity contribution in [1.29, 1.82) is 0 Å². The van der Waals surface area contributed by atoms with Crippen molar-refractivity contribution in [2.75, 3.05) is 0 Å². The maximum Gasteiger partial charge on any atom is 0.142 e. The SMILES string of the molecule is O=C[C@@H]1CCCc2cncn21. The van der Waals surface area contributed by atoms with Crippen LogP contribution in [0, 0.1) is 0 Å². The Hall–Kier alpha value is -1.12. The quantitative estimate of drug-likeness (QED) is 0.559. The van der Waals surface area contributed by atoms with Crippen LogP contribution in [-0.4, -0.2) is 15.8 Å². The lowest BCUT2D eigenvalue weighted by molar-refractivity contribution is -0.111. The molecule has 11 heavy (non-hydrogen) atoms. The molecule has 0 saturated carbocycles. The summed E-state index contributed by atoms with van der Waals surface area (Å²) < 4.78 is 1.97. The minimum absolute atomic E-state index is 0.0428. The number of rotatable bonds is 1. The van der Waals surface area contributed by atoms with Gasteiger partial charge in [-0.2, -0.15) is 0 Å². The number of aromatic nitrogens is 2. The second-order valence-corrected chi connectivity index (χ2v) is 2.89. The van der Waals surface area contributed by atoms with Crippen LogP contribution in [0.25, 0.3) is 0 Å². The highest BCUT2D eigenvalue weighted by molar-refractivity contribution is 5.56. The van der Waals surface area contributed by atoms with Crippen LogP contribution >= 0.6 is 0 Å². The average Bonchev–Trinajstić information content (AvgIpc) is 2.50. The fourth-order valence-electron chi connectivity index (χ4n) is 1.59. The van der Waals surface area contributed by atoms with E-state index in [-0.39, 0.29) is 6.04 Å². The van der Waals surface area contributed by atoms with Crippen molar-refractivity contribution in [3.63, 3.8) is 0 Å². The second kappa shape index (κ2) is 2.49. The van der Waals surface area contributed by atoms with Gasteiger partial charge in [0.1, 0.15) is 6.29 Å². The van der Waals surface area contributed by atoms with Crippen LogP contribution in [0.2, 0.25) is 0 Å². The highest BCUT2D eigenvalue weighted by atomic mass is 16.1. The van der Waals surface area contributed by atoms with E-state index in [1.807, 2.05) is 10.8 Å². The molecule has 1 aliphatic heterocycles. The van der Waals surface area contributed by atoms with E-state index >= 15 is 0 Å². The maximum atomic E-state index is 10.6. The highest BCUT2D eigenvalue weighted by Gasteiger charge is 2.17. The number of carbonyl (C=O) groups is 1. The molecule has 1 aliphatic rings. The Bertz CT molecular complexity index is 267. The van der Waals surface area contributed by atoms with Gasteiger partial charge in [-0.05, 0) is 19.3 Å². The van der Waals surface area contributed by atoms with Crippen LogP contribution in [0.5, 0.6) is 0 Å². The molecule has 3 nitrogen and oxygen atoms in total. The van der Waals surface area contributed by atoms with Gasteiger partial charge >= 0.3 is 0 Å². The first-order valence-corrected chi connectivity index (χ1v) is 3.88. The van der Waals surface area contributed by atoms with Crippen LogP contribution in [0.4, 0.5) is 0 Å². The standard InChI is InChI=1S/C8H10N2O/c11-5-8-3-1-2-7-4-9-6-10(7)8/h4-6,8H,1-3H2/t8-/m0/s1. The number of fused-ring (bicyclic) bond motifs is 1. The maximum absolute atomic E-state index is 10.6. The van der Waals surface area contributed by atoms with Crippen LogP contribution in [0.3, 0.4) is 0 Å². The molecule has 0 unspecified atom stereocenters. The van der Waals surface area contributed by atoms with Gasteiger partial charge in [-0.3, -0.25) is 0 Å². The van der Waals surface area contributed by atoms with Gasteiger partial charge < -0.3 is 9.36 Å². The Balaban J connectivity index is 2.39. The number of carbonyl (C=O) groups excluding carboxylic acids is 1. The Kier molecular flexibility index (Phi) is 1.49. The number of nitrogens with zero attached hydrogens (tertiary/aromatic N) is 2. The zero-order valence-corrected chi connectivity index (χ0v) is 6.23. The molecule has 2 heterocycles. The van der Waals surface area contributed by atoms with E-state index in [4.69, 9.17) is 0 Å².